The van der Waals surface area contributed by atoms with E-state index in [1.54, 1.807) is 14.2 Å². The first-order chi connectivity index (χ1) is 15.1. The van der Waals surface area contributed by atoms with Gasteiger partial charge in [-0.2, -0.15) is 0 Å². The topological polar surface area (TPSA) is 54.0 Å². The number of anilines is 3. The zero-order valence-electron chi connectivity index (χ0n) is 18.1. The number of carbonyl (C=O) groups is 1. The van der Waals surface area contributed by atoms with E-state index >= 15 is 0 Å². The summed E-state index contributed by atoms with van der Waals surface area (Å²) in [7, 11) is 5.26. The second-order valence-electron chi connectivity index (χ2n) is 7.39. The van der Waals surface area contributed by atoms with Crippen LogP contribution in [0.2, 0.25) is 0 Å². The van der Waals surface area contributed by atoms with E-state index in [0.29, 0.717) is 36.7 Å². The lowest BCUT2D eigenvalue weighted by Crippen LogP contribution is -2.36. The average molecular weight is 418 g/mol. The molecule has 160 valence electrons. The molecule has 0 saturated heterocycles. The van der Waals surface area contributed by atoms with Crippen molar-refractivity contribution in [2.24, 2.45) is 0 Å². The molecule has 1 N–H and O–H groups in total. The van der Waals surface area contributed by atoms with Gasteiger partial charge < -0.3 is 24.6 Å². The number of hydrogen-bond acceptors (Lipinski definition) is 5. The van der Waals surface area contributed by atoms with Crippen LogP contribution in [0.1, 0.15) is 15.9 Å². The van der Waals surface area contributed by atoms with Crippen LogP contribution < -0.4 is 24.6 Å². The van der Waals surface area contributed by atoms with Crippen molar-refractivity contribution in [3.8, 4) is 11.5 Å². The van der Waals surface area contributed by atoms with Crippen LogP contribution in [0, 0.1) is 0 Å². The number of methoxy groups -OCH3 is 2. The number of benzene rings is 3. The molecule has 4 rings (SSSR count). The maximum absolute atomic E-state index is 13.4. The Labute approximate surface area is 183 Å². The molecular weight excluding hydrogens is 390 g/mol. The second-order valence-corrected chi connectivity index (χ2v) is 7.39. The van der Waals surface area contributed by atoms with E-state index in [1.165, 1.54) is 0 Å². The maximum atomic E-state index is 13.4. The van der Waals surface area contributed by atoms with Crippen LogP contribution in [0.15, 0.2) is 66.7 Å². The smallest absolute Gasteiger partial charge is 0.260 e. The molecule has 31 heavy (non-hydrogen) atoms. The summed E-state index contributed by atoms with van der Waals surface area (Å²) in [5, 5.41) is 3.44. The number of para-hydroxylation sites is 3. The summed E-state index contributed by atoms with van der Waals surface area (Å²) < 4.78 is 10.7. The third kappa shape index (κ3) is 4.07. The van der Waals surface area contributed by atoms with Gasteiger partial charge >= 0.3 is 0 Å². The van der Waals surface area contributed by atoms with Gasteiger partial charge in [-0.3, -0.25) is 4.79 Å². The summed E-state index contributed by atoms with van der Waals surface area (Å²) in [6, 6.07) is 21.7. The van der Waals surface area contributed by atoms with E-state index in [2.05, 4.69) is 16.3 Å². The lowest BCUT2D eigenvalue weighted by molar-refractivity contribution is 0.0988. The molecule has 1 amide bonds. The van der Waals surface area contributed by atoms with E-state index in [0.717, 1.165) is 22.6 Å². The minimum atomic E-state index is 0.0142. The van der Waals surface area contributed by atoms with E-state index in [4.69, 9.17) is 9.47 Å². The first-order valence-electron chi connectivity index (χ1n) is 10.3. The molecule has 0 unspecified atom stereocenters. The average Bonchev–Trinajstić information content (AvgIpc) is 2.91. The lowest BCUT2D eigenvalue weighted by Gasteiger charge is -2.24. The zero-order valence-corrected chi connectivity index (χ0v) is 18.1. The van der Waals surface area contributed by atoms with Gasteiger partial charge in [0.05, 0.1) is 36.8 Å². The third-order valence-corrected chi connectivity index (χ3v) is 5.56. The Morgan fingerprint density at radius 1 is 0.839 bits per heavy atom. The zero-order chi connectivity index (χ0) is 21.8. The molecule has 1 aliphatic rings. The Morgan fingerprint density at radius 2 is 1.52 bits per heavy atom. The van der Waals surface area contributed by atoms with Gasteiger partial charge in [-0.25, -0.2) is 0 Å². The highest BCUT2D eigenvalue weighted by Crippen LogP contribution is 2.39. The summed E-state index contributed by atoms with van der Waals surface area (Å²) in [6.45, 7) is 1.88. The summed E-state index contributed by atoms with van der Waals surface area (Å²) in [5.41, 5.74) is 4.65. The molecule has 0 aliphatic carbocycles. The number of nitrogens with zero attached hydrogens (tertiary/aromatic N) is 2. The Hall–Kier alpha value is -3.51. The summed E-state index contributed by atoms with van der Waals surface area (Å²) in [6.07, 6.45) is 0. The molecule has 0 radical (unpaired) electrons. The number of carbonyl (C=O) groups excluding carboxylic acids is 1. The van der Waals surface area contributed by atoms with Gasteiger partial charge in [-0.1, -0.05) is 30.3 Å². The molecule has 6 heteroatoms. The van der Waals surface area contributed by atoms with E-state index in [-0.39, 0.29) is 5.91 Å². The molecule has 1 heterocycles. The standard InChI is InChI=1S/C25H27N3O3/c1-27-20-9-5-4-8-19(20)25(29)28(22-11-7-6-10-21(22)27)15-14-26-17-18-12-13-23(30-2)24(16-18)31-3/h4-13,16,26H,14-15,17H2,1-3H3. The van der Waals surface area contributed by atoms with Crippen LogP contribution in [0.4, 0.5) is 17.1 Å². The van der Waals surface area contributed by atoms with Crippen molar-refractivity contribution in [3.63, 3.8) is 0 Å². The van der Waals surface area contributed by atoms with Gasteiger partial charge in [0.1, 0.15) is 0 Å². The van der Waals surface area contributed by atoms with Crippen molar-refractivity contribution < 1.29 is 14.3 Å². The van der Waals surface area contributed by atoms with Gasteiger partial charge in [-0.05, 0) is 42.0 Å². The largest absolute Gasteiger partial charge is 0.493 e. The highest BCUT2D eigenvalue weighted by Gasteiger charge is 2.28. The van der Waals surface area contributed by atoms with Gasteiger partial charge in [0.2, 0.25) is 0 Å². The molecule has 0 atom stereocenters. The van der Waals surface area contributed by atoms with E-state index < -0.39 is 0 Å². The molecule has 0 fully saturated rings. The van der Waals surface area contributed by atoms with Crippen LogP contribution in [0.5, 0.6) is 11.5 Å². The van der Waals surface area contributed by atoms with Gasteiger partial charge in [0, 0.05) is 26.7 Å². The number of ether oxygens (including phenoxy) is 2. The summed E-state index contributed by atoms with van der Waals surface area (Å²) in [5.74, 6) is 1.43. The maximum Gasteiger partial charge on any atom is 0.260 e. The first-order valence-corrected chi connectivity index (χ1v) is 10.3. The molecule has 0 bridgehead atoms. The van der Waals surface area contributed by atoms with Crippen molar-refractivity contribution in [1.29, 1.82) is 0 Å². The van der Waals surface area contributed by atoms with Crippen molar-refractivity contribution in [2.75, 3.05) is 44.2 Å². The van der Waals surface area contributed by atoms with Gasteiger partial charge in [-0.15, -0.1) is 0 Å². The molecule has 0 spiro atoms. The fourth-order valence-electron chi connectivity index (χ4n) is 3.94. The van der Waals surface area contributed by atoms with Gasteiger partial charge in [0.15, 0.2) is 11.5 Å². The van der Waals surface area contributed by atoms with Gasteiger partial charge in [0.25, 0.3) is 5.91 Å². The molecule has 0 aromatic heterocycles. The molecule has 3 aromatic carbocycles. The summed E-state index contributed by atoms with van der Waals surface area (Å²) >= 11 is 0. The van der Waals surface area contributed by atoms with Crippen LogP contribution in [-0.2, 0) is 6.54 Å². The third-order valence-electron chi connectivity index (χ3n) is 5.56. The number of nitrogens with one attached hydrogen (secondary N) is 1. The van der Waals surface area contributed by atoms with E-state index in [1.807, 2.05) is 72.6 Å². The monoisotopic (exact) mass is 417 g/mol. The van der Waals surface area contributed by atoms with Crippen LogP contribution in [0.25, 0.3) is 0 Å². The second kappa shape index (κ2) is 9.10. The minimum absolute atomic E-state index is 0.0142. The highest BCUT2D eigenvalue weighted by molar-refractivity contribution is 6.13. The predicted octanol–water partition coefficient (Wildman–Crippen LogP) is 4.22. The van der Waals surface area contributed by atoms with E-state index in [9.17, 15) is 4.79 Å². The quantitative estimate of drug-likeness (QED) is 0.584. The van der Waals surface area contributed by atoms with Crippen molar-refractivity contribution in [3.05, 3.63) is 77.9 Å². The minimum Gasteiger partial charge on any atom is -0.493 e. The Bertz CT molecular complexity index is 1080. The van der Waals surface area contributed by atoms with Crippen LogP contribution in [0.3, 0.4) is 0 Å². The highest BCUT2D eigenvalue weighted by atomic mass is 16.5. The fourth-order valence-corrected chi connectivity index (χ4v) is 3.94. The molecule has 1 aliphatic heterocycles. The van der Waals surface area contributed by atoms with Crippen molar-refractivity contribution in [1.82, 2.24) is 5.32 Å². The van der Waals surface area contributed by atoms with Crippen LogP contribution in [-0.4, -0.2) is 40.3 Å². The number of rotatable bonds is 7. The number of hydrogen-bond donors (Lipinski definition) is 1. The normalized spacial score (nSPS) is 12.8. The Balaban J connectivity index is 1.50. The summed E-state index contributed by atoms with van der Waals surface area (Å²) in [4.78, 5) is 17.3. The molecule has 3 aromatic rings. The Morgan fingerprint density at radius 3 is 2.26 bits per heavy atom. The number of amides is 1. The molecule has 0 saturated carbocycles. The van der Waals surface area contributed by atoms with Crippen molar-refractivity contribution in [2.45, 2.75) is 6.54 Å². The number of fused-ring (bicyclic) bond motifs is 2. The molecular formula is C25H27N3O3. The first kappa shape index (κ1) is 20.8. The SMILES string of the molecule is COc1ccc(CNCCN2C(=O)c3ccccc3N(C)c3ccccc32)cc1OC. The fraction of sp³-hybridized carbons (Fsp3) is 0.240. The Kier molecular flexibility index (Phi) is 6.09. The predicted molar refractivity (Wildman–Crippen MR) is 124 cm³/mol. The van der Waals surface area contributed by atoms with Crippen LogP contribution >= 0.6 is 0 Å². The van der Waals surface area contributed by atoms with Crippen molar-refractivity contribution >= 4 is 23.0 Å². The molecule has 6 nitrogen and oxygen atoms in total. The lowest BCUT2D eigenvalue weighted by atomic mass is 10.1.